The maximum absolute atomic E-state index is 6.44. The molecular formula is C47H31N3O. The number of hydrogen-bond acceptors (Lipinski definition) is 4. The molecule has 1 aromatic heterocycles. The van der Waals surface area contributed by atoms with Crippen molar-refractivity contribution >= 4 is 55.2 Å². The Labute approximate surface area is 295 Å². The van der Waals surface area contributed by atoms with Gasteiger partial charge in [0.1, 0.15) is 23.2 Å². The van der Waals surface area contributed by atoms with Crippen LogP contribution in [-0.4, -0.2) is 11.7 Å². The Kier molecular flexibility index (Phi) is 6.85. The highest BCUT2D eigenvalue weighted by Crippen LogP contribution is 2.39. The van der Waals surface area contributed by atoms with Gasteiger partial charge in [0.05, 0.1) is 0 Å². The fourth-order valence-corrected chi connectivity index (χ4v) is 7.39. The third kappa shape index (κ3) is 5.17. The number of hydrogen-bond donors (Lipinski definition) is 1. The summed E-state index contributed by atoms with van der Waals surface area (Å²) in [4.78, 5) is 10.1. The van der Waals surface area contributed by atoms with Gasteiger partial charge in [-0.15, -0.1) is 0 Å². The standard InChI is InChI=1S/C47H31N3O/c1-3-12-31(13-4-1)45-48-46(32-14-5-2-6-15-32)50-47(49-45)37-17-9-16-35(28-37)40-19-10-20-43-44(40)41-29-34(24-26-42(41)51-43)33-23-25-39-36(27-33)22-21-30-11-7-8-18-38(30)39/h1-29,45H,(H,48,49,50). The van der Waals surface area contributed by atoms with Crippen molar-refractivity contribution < 1.29 is 4.42 Å². The first kappa shape index (κ1) is 29.2. The molecule has 1 unspecified atom stereocenters. The molecule has 0 bridgehead atoms. The first-order chi connectivity index (χ1) is 25.2. The van der Waals surface area contributed by atoms with E-state index in [0.29, 0.717) is 5.84 Å². The van der Waals surface area contributed by atoms with E-state index in [1.54, 1.807) is 0 Å². The van der Waals surface area contributed by atoms with Crippen LogP contribution in [0.5, 0.6) is 0 Å². The van der Waals surface area contributed by atoms with E-state index in [9.17, 15) is 0 Å². The highest BCUT2D eigenvalue weighted by Gasteiger charge is 2.22. The van der Waals surface area contributed by atoms with Crippen molar-refractivity contribution in [2.75, 3.05) is 0 Å². The van der Waals surface area contributed by atoms with Crippen LogP contribution in [0.25, 0.3) is 65.7 Å². The zero-order chi connectivity index (χ0) is 33.7. The predicted molar refractivity (Wildman–Crippen MR) is 211 cm³/mol. The number of benzene rings is 8. The summed E-state index contributed by atoms with van der Waals surface area (Å²) in [5.74, 6) is 1.50. The quantitative estimate of drug-likeness (QED) is 0.188. The molecule has 0 saturated carbocycles. The number of aliphatic imine (C=N–C) groups is 2. The molecular weight excluding hydrogens is 623 g/mol. The molecule has 240 valence electrons. The summed E-state index contributed by atoms with van der Waals surface area (Å²) in [7, 11) is 0. The number of nitrogens with zero attached hydrogens (tertiary/aromatic N) is 2. The van der Waals surface area contributed by atoms with Crippen LogP contribution in [0.1, 0.15) is 22.9 Å². The van der Waals surface area contributed by atoms with Gasteiger partial charge < -0.3 is 9.73 Å². The van der Waals surface area contributed by atoms with Gasteiger partial charge in [-0.2, -0.15) is 0 Å². The summed E-state index contributed by atoms with van der Waals surface area (Å²) in [6.45, 7) is 0. The second-order valence-electron chi connectivity index (χ2n) is 13.0. The number of nitrogens with one attached hydrogen (secondary N) is 1. The maximum atomic E-state index is 6.44. The molecule has 0 radical (unpaired) electrons. The molecule has 1 atom stereocenters. The molecule has 1 aliphatic rings. The monoisotopic (exact) mass is 653 g/mol. The minimum absolute atomic E-state index is 0.258. The van der Waals surface area contributed by atoms with Crippen molar-refractivity contribution in [3.8, 4) is 22.3 Å². The summed E-state index contributed by atoms with van der Waals surface area (Å²) in [6.07, 6.45) is -0.258. The molecule has 9 aromatic rings. The van der Waals surface area contributed by atoms with Gasteiger partial charge >= 0.3 is 0 Å². The third-order valence-electron chi connectivity index (χ3n) is 9.91. The lowest BCUT2D eigenvalue weighted by Crippen LogP contribution is -2.33. The zero-order valence-corrected chi connectivity index (χ0v) is 27.6. The molecule has 0 spiro atoms. The Balaban J connectivity index is 1.07. The molecule has 0 amide bonds. The minimum atomic E-state index is -0.258. The second-order valence-corrected chi connectivity index (χ2v) is 13.0. The normalized spacial score (nSPS) is 14.5. The van der Waals surface area contributed by atoms with Gasteiger partial charge in [-0.1, -0.05) is 146 Å². The molecule has 0 saturated heterocycles. The Morgan fingerprint density at radius 3 is 2.06 bits per heavy atom. The van der Waals surface area contributed by atoms with Crippen LogP contribution >= 0.6 is 0 Å². The highest BCUT2D eigenvalue weighted by atomic mass is 16.3. The Hall–Kier alpha value is -6.78. The van der Waals surface area contributed by atoms with Crippen LogP contribution in [0, 0.1) is 0 Å². The van der Waals surface area contributed by atoms with Gasteiger partial charge in [0.15, 0.2) is 5.84 Å². The Bertz CT molecular complexity index is 2830. The van der Waals surface area contributed by atoms with Crippen molar-refractivity contribution in [3.63, 3.8) is 0 Å². The highest BCUT2D eigenvalue weighted by molar-refractivity contribution is 6.16. The molecule has 0 fully saturated rings. The average Bonchev–Trinajstić information content (AvgIpc) is 3.59. The van der Waals surface area contributed by atoms with Crippen LogP contribution in [0.4, 0.5) is 0 Å². The van der Waals surface area contributed by atoms with Crippen molar-refractivity contribution in [1.29, 1.82) is 0 Å². The van der Waals surface area contributed by atoms with Crippen molar-refractivity contribution in [2.24, 2.45) is 9.98 Å². The van der Waals surface area contributed by atoms with E-state index in [4.69, 9.17) is 14.4 Å². The van der Waals surface area contributed by atoms with E-state index in [-0.39, 0.29) is 6.17 Å². The second kappa shape index (κ2) is 12.0. The van der Waals surface area contributed by atoms with Crippen LogP contribution < -0.4 is 5.32 Å². The average molecular weight is 654 g/mol. The summed E-state index contributed by atoms with van der Waals surface area (Å²) in [5.41, 5.74) is 9.34. The largest absolute Gasteiger partial charge is 0.456 e. The zero-order valence-electron chi connectivity index (χ0n) is 27.6. The number of furan rings is 1. The van der Waals surface area contributed by atoms with Crippen LogP contribution in [-0.2, 0) is 0 Å². The molecule has 4 nitrogen and oxygen atoms in total. The van der Waals surface area contributed by atoms with E-state index in [2.05, 4.69) is 145 Å². The van der Waals surface area contributed by atoms with Crippen molar-refractivity contribution in [3.05, 3.63) is 193 Å². The molecule has 1 aliphatic heterocycles. The van der Waals surface area contributed by atoms with Gasteiger partial charge in [-0.3, -0.25) is 0 Å². The Morgan fingerprint density at radius 1 is 0.451 bits per heavy atom. The van der Waals surface area contributed by atoms with E-state index < -0.39 is 0 Å². The van der Waals surface area contributed by atoms with Crippen LogP contribution in [0.3, 0.4) is 0 Å². The number of fused-ring (bicyclic) bond motifs is 6. The number of amidine groups is 2. The van der Waals surface area contributed by atoms with E-state index in [0.717, 1.165) is 61.2 Å². The minimum Gasteiger partial charge on any atom is -0.456 e. The summed E-state index contributed by atoms with van der Waals surface area (Å²) >= 11 is 0. The third-order valence-corrected chi connectivity index (χ3v) is 9.91. The lowest BCUT2D eigenvalue weighted by atomic mass is 9.95. The molecule has 2 heterocycles. The van der Waals surface area contributed by atoms with E-state index >= 15 is 0 Å². The maximum Gasteiger partial charge on any atom is 0.159 e. The smallest absolute Gasteiger partial charge is 0.159 e. The van der Waals surface area contributed by atoms with Gasteiger partial charge in [-0.05, 0) is 79.7 Å². The molecule has 10 rings (SSSR count). The summed E-state index contributed by atoms with van der Waals surface area (Å²) in [5, 5.41) is 10.8. The lowest BCUT2D eigenvalue weighted by Gasteiger charge is -2.24. The van der Waals surface area contributed by atoms with E-state index in [1.165, 1.54) is 27.1 Å². The first-order valence-corrected chi connectivity index (χ1v) is 17.3. The van der Waals surface area contributed by atoms with Gasteiger partial charge in [0.25, 0.3) is 0 Å². The van der Waals surface area contributed by atoms with Gasteiger partial charge in [-0.25, -0.2) is 9.98 Å². The van der Waals surface area contributed by atoms with Crippen LogP contribution in [0.15, 0.2) is 190 Å². The molecule has 1 N–H and O–H groups in total. The predicted octanol–water partition coefficient (Wildman–Crippen LogP) is 11.7. The first-order valence-electron chi connectivity index (χ1n) is 17.3. The van der Waals surface area contributed by atoms with Gasteiger partial charge in [0, 0.05) is 21.9 Å². The van der Waals surface area contributed by atoms with Crippen molar-refractivity contribution in [2.45, 2.75) is 6.17 Å². The summed E-state index contributed by atoms with van der Waals surface area (Å²) < 4.78 is 6.44. The van der Waals surface area contributed by atoms with Crippen molar-refractivity contribution in [1.82, 2.24) is 5.32 Å². The fraction of sp³-hybridized carbons (Fsp3) is 0.0213. The Morgan fingerprint density at radius 2 is 1.16 bits per heavy atom. The summed E-state index contributed by atoms with van der Waals surface area (Å²) in [6, 6.07) is 61.7. The molecule has 0 aliphatic carbocycles. The SMILES string of the molecule is c1ccc(C2=NC(c3ccccc3)NC(c3cccc(-c4cccc5oc6ccc(-c7ccc8c(ccc9ccccc98)c7)cc6c45)c3)=N2)cc1. The van der Waals surface area contributed by atoms with E-state index in [1.807, 2.05) is 36.4 Å². The fourth-order valence-electron chi connectivity index (χ4n) is 7.39. The topological polar surface area (TPSA) is 49.9 Å². The molecule has 51 heavy (non-hydrogen) atoms. The lowest BCUT2D eigenvalue weighted by molar-refractivity contribution is 0.669. The molecule has 4 heteroatoms. The number of rotatable bonds is 5. The van der Waals surface area contributed by atoms with Crippen LogP contribution in [0.2, 0.25) is 0 Å². The molecule has 8 aromatic carbocycles. The van der Waals surface area contributed by atoms with Gasteiger partial charge in [0.2, 0.25) is 0 Å².